The number of likely N-dealkylation sites (N-methyl/N-ethyl adjacent to an activating group) is 1. The summed E-state index contributed by atoms with van der Waals surface area (Å²) < 4.78 is 39.2. The Hall–Kier alpha value is -2.57. The standard InChI is InChI=1S/C26H34N4O5S2/c1-4-28(5-2)13-14-30(26-27-23-12-9-21(35-6-3)19-24(23)36-26)25(31)20-7-10-22(11-8-20)37(32,33)29-15-17-34-18-16-29/h7-12,19H,4-6,13-18H2,1-3H3. The first-order valence-corrected chi connectivity index (χ1v) is 14.9. The maximum atomic E-state index is 13.7. The van der Waals surface area contributed by atoms with Crippen molar-refractivity contribution in [1.82, 2.24) is 14.2 Å². The van der Waals surface area contributed by atoms with Gasteiger partial charge in [0.2, 0.25) is 10.0 Å². The third-order valence-corrected chi connectivity index (χ3v) is 9.33. The summed E-state index contributed by atoms with van der Waals surface area (Å²) in [6, 6.07) is 11.9. The first-order valence-electron chi connectivity index (χ1n) is 12.6. The second kappa shape index (κ2) is 12.3. The van der Waals surface area contributed by atoms with Crippen molar-refractivity contribution in [2.75, 3.05) is 64.0 Å². The Bertz CT molecular complexity index is 1300. The van der Waals surface area contributed by atoms with Gasteiger partial charge in [-0.05, 0) is 62.5 Å². The Kier molecular flexibility index (Phi) is 9.14. The van der Waals surface area contributed by atoms with Gasteiger partial charge in [0.25, 0.3) is 5.91 Å². The van der Waals surface area contributed by atoms with Gasteiger partial charge in [-0.1, -0.05) is 25.2 Å². The van der Waals surface area contributed by atoms with Crippen LogP contribution in [-0.2, 0) is 14.8 Å². The van der Waals surface area contributed by atoms with E-state index in [4.69, 9.17) is 14.5 Å². The highest BCUT2D eigenvalue weighted by atomic mass is 32.2. The van der Waals surface area contributed by atoms with E-state index in [9.17, 15) is 13.2 Å². The lowest BCUT2D eigenvalue weighted by molar-refractivity contribution is 0.0730. The molecule has 0 N–H and O–H groups in total. The number of sulfonamides is 1. The lowest BCUT2D eigenvalue weighted by Gasteiger charge is -2.26. The van der Waals surface area contributed by atoms with Gasteiger partial charge >= 0.3 is 0 Å². The van der Waals surface area contributed by atoms with Crippen LogP contribution < -0.4 is 9.64 Å². The van der Waals surface area contributed by atoms with Crippen molar-refractivity contribution in [2.24, 2.45) is 0 Å². The molecule has 0 saturated carbocycles. The number of nitrogens with zero attached hydrogens (tertiary/aromatic N) is 4. The number of ether oxygens (including phenoxy) is 2. The number of anilines is 1. The molecule has 0 unspecified atom stereocenters. The zero-order valence-corrected chi connectivity index (χ0v) is 23.2. The molecule has 1 amide bonds. The Morgan fingerprint density at radius 2 is 1.76 bits per heavy atom. The molecular formula is C26H34N4O5S2. The highest BCUT2D eigenvalue weighted by Crippen LogP contribution is 2.32. The molecule has 0 radical (unpaired) electrons. The summed E-state index contributed by atoms with van der Waals surface area (Å²) in [5, 5.41) is 0.603. The molecule has 0 atom stereocenters. The minimum absolute atomic E-state index is 0.170. The molecule has 0 bridgehead atoms. The van der Waals surface area contributed by atoms with Crippen molar-refractivity contribution in [3.05, 3.63) is 48.0 Å². The number of thiazole rings is 1. The van der Waals surface area contributed by atoms with E-state index < -0.39 is 10.0 Å². The number of rotatable bonds is 11. The smallest absolute Gasteiger partial charge is 0.260 e. The highest BCUT2D eigenvalue weighted by molar-refractivity contribution is 7.89. The molecule has 3 aromatic rings. The number of benzene rings is 2. The Balaban J connectivity index is 1.61. The van der Waals surface area contributed by atoms with Crippen LogP contribution in [0.15, 0.2) is 47.4 Å². The predicted octanol–water partition coefficient (Wildman–Crippen LogP) is 3.70. The maximum Gasteiger partial charge on any atom is 0.260 e. The van der Waals surface area contributed by atoms with E-state index in [1.54, 1.807) is 17.0 Å². The second-order valence-electron chi connectivity index (χ2n) is 8.58. The number of amides is 1. The number of carbonyl (C=O) groups excluding carboxylic acids is 1. The molecule has 2 heterocycles. The molecule has 200 valence electrons. The molecule has 11 heteroatoms. The maximum absolute atomic E-state index is 13.7. The lowest BCUT2D eigenvalue weighted by atomic mass is 10.2. The van der Waals surface area contributed by atoms with Crippen LogP contribution in [0.3, 0.4) is 0 Å². The number of carbonyl (C=O) groups is 1. The van der Waals surface area contributed by atoms with Gasteiger partial charge in [0.1, 0.15) is 5.75 Å². The van der Waals surface area contributed by atoms with Crippen LogP contribution in [0.5, 0.6) is 5.75 Å². The Labute approximate surface area is 222 Å². The zero-order chi connectivity index (χ0) is 26.4. The summed E-state index contributed by atoms with van der Waals surface area (Å²) in [6.07, 6.45) is 0. The molecule has 2 aromatic carbocycles. The van der Waals surface area contributed by atoms with Crippen molar-refractivity contribution in [2.45, 2.75) is 25.7 Å². The number of aromatic nitrogens is 1. The van der Waals surface area contributed by atoms with Crippen LogP contribution in [-0.4, -0.2) is 87.6 Å². The average molecular weight is 547 g/mol. The van der Waals surface area contributed by atoms with Crippen LogP contribution in [0.2, 0.25) is 0 Å². The molecular weight excluding hydrogens is 512 g/mol. The topological polar surface area (TPSA) is 92.3 Å². The molecule has 1 aliphatic rings. The monoisotopic (exact) mass is 546 g/mol. The average Bonchev–Trinajstić information content (AvgIpc) is 3.34. The fourth-order valence-corrected chi connectivity index (χ4v) is 6.62. The van der Waals surface area contributed by atoms with E-state index in [1.807, 2.05) is 25.1 Å². The number of morpholine rings is 1. The first kappa shape index (κ1) is 27.5. The van der Waals surface area contributed by atoms with Crippen LogP contribution in [0.4, 0.5) is 5.13 Å². The largest absolute Gasteiger partial charge is 0.494 e. The molecule has 1 fully saturated rings. The van der Waals surface area contributed by atoms with Gasteiger partial charge in [0.15, 0.2) is 5.13 Å². The molecule has 0 spiro atoms. The zero-order valence-electron chi connectivity index (χ0n) is 21.6. The first-order chi connectivity index (χ1) is 17.9. The van der Waals surface area contributed by atoms with Gasteiger partial charge in [0, 0.05) is 31.7 Å². The quantitative estimate of drug-likeness (QED) is 0.362. The molecule has 1 aromatic heterocycles. The highest BCUT2D eigenvalue weighted by Gasteiger charge is 2.27. The van der Waals surface area contributed by atoms with E-state index in [2.05, 4.69) is 18.7 Å². The molecule has 1 saturated heterocycles. The van der Waals surface area contributed by atoms with Crippen LogP contribution in [0.25, 0.3) is 10.2 Å². The van der Waals surface area contributed by atoms with Crippen molar-refractivity contribution in [3.63, 3.8) is 0 Å². The van der Waals surface area contributed by atoms with E-state index in [0.717, 1.165) is 29.1 Å². The summed E-state index contributed by atoms with van der Waals surface area (Å²) >= 11 is 1.44. The third-order valence-electron chi connectivity index (χ3n) is 6.38. The summed E-state index contributed by atoms with van der Waals surface area (Å²) in [6.45, 7) is 11.0. The number of hydrogen-bond acceptors (Lipinski definition) is 8. The van der Waals surface area contributed by atoms with E-state index in [0.29, 0.717) is 56.7 Å². The fourth-order valence-electron chi connectivity index (χ4n) is 4.19. The minimum Gasteiger partial charge on any atom is -0.494 e. The number of hydrogen-bond donors (Lipinski definition) is 0. The van der Waals surface area contributed by atoms with Crippen LogP contribution >= 0.6 is 11.3 Å². The van der Waals surface area contributed by atoms with Gasteiger partial charge in [-0.25, -0.2) is 13.4 Å². The molecule has 4 rings (SSSR count). The lowest BCUT2D eigenvalue weighted by Crippen LogP contribution is -2.40. The predicted molar refractivity (Wildman–Crippen MR) is 146 cm³/mol. The van der Waals surface area contributed by atoms with E-state index >= 15 is 0 Å². The van der Waals surface area contributed by atoms with Crippen molar-refractivity contribution in [1.29, 1.82) is 0 Å². The van der Waals surface area contributed by atoms with E-state index in [1.165, 1.54) is 27.8 Å². The number of fused-ring (bicyclic) bond motifs is 1. The Morgan fingerprint density at radius 1 is 1.05 bits per heavy atom. The summed E-state index contributed by atoms with van der Waals surface area (Å²) in [7, 11) is -3.63. The van der Waals surface area contributed by atoms with Gasteiger partial charge in [-0.2, -0.15) is 4.31 Å². The van der Waals surface area contributed by atoms with Gasteiger partial charge in [-0.15, -0.1) is 0 Å². The SMILES string of the molecule is CCOc1ccc2nc(N(CCN(CC)CC)C(=O)c3ccc(S(=O)(=O)N4CCOCC4)cc3)sc2c1. The Morgan fingerprint density at radius 3 is 2.41 bits per heavy atom. The second-order valence-corrected chi connectivity index (χ2v) is 11.5. The van der Waals surface area contributed by atoms with Gasteiger partial charge < -0.3 is 14.4 Å². The van der Waals surface area contributed by atoms with Crippen molar-refractivity contribution < 1.29 is 22.7 Å². The van der Waals surface area contributed by atoms with Crippen molar-refractivity contribution in [3.8, 4) is 5.75 Å². The van der Waals surface area contributed by atoms with Crippen LogP contribution in [0.1, 0.15) is 31.1 Å². The molecule has 1 aliphatic heterocycles. The van der Waals surface area contributed by atoms with Crippen molar-refractivity contribution >= 4 is 42.6 Å². The molecule has 37 heavy (non-hydrogen) atoms. The molecule has 9 nitrogen and oxygen atoms in total. The normalized spacial score (nSPS) is 14.8. The van der Waals surface area contributed by atoms with Crippen LogP contribution in [0, 0.1) is 0 Å². The summed E-state index contributed by atoms with van der Waals surface area (Å²) in [5.41, 5.74) is 1.21. The molecule has 0 aliphatic carbocycles. The van der Waals surface area contributed by atoms with Gasteiger partial charge in [0.05, 0.1) is 34.9 Å². The minimum atomic E-state index is -3.63. The van der Waals surface area contributed by atoms with Gasteiger partial charge in [-0.3, -0.25) is 9.69 Å². The van der Waals surface area contributed by atoms with E-state index in [-0.39, 0.29) is 10.8 Å². The fraction of sp³-hybridized carbons (Fsp3) is 0.462. The summed E-state index contributed by atoms with van der Waals surface area (Å²) in [5.74, 6) is 0.551. The third kappa shape index (κ3) is 6.29. The summed E-state index contributed by atoms with van der Waals surface area (Å²) in [4.78, 5) is 22.6.